The molecule has 0 radical (unpaired) electrons. The summed E-state index contributed by atoms with van der Waals surface area (Å²) in [5.74, 6) is -0.522. The van der Waals surface area contributed by atoms with Gasteiger partial charge in [0.2, 0.25) is 0 Å². The summed E-state index contributed by atoms with van der Waals surface area (Å²) in [5, 5.41) is 0. The Kier molecular flexibility index (Phi) is 3.77. The summed E-state index contributed by atoms with van der Waals surface area (Å²) in [6.07, 6.45) is 0.361. The lowest BCUT2D eigenvalue weighted by molar-refractivity contribution is 0.0987. The van der Waals surface area contributed by atoms with E-state index in [4.69, 9.17) is 5.73 Å². The Balaban J connectivity index is 3.24. The van der Waals surface area contributed by atoms with Crippen molar-refractivity contribution in [2.24, 2.45) is 5.73 Å². The van der Waals surface area contributed by atoms with Crippen molar-refractivity contribution in [3.63, 3.8) is 0 Å². The van der Waals surface area contributed by atoms with Crippen LogP contribution in [0.3, 0.4) is 0 Å². The summed E-state index contributed by atoms with van der Waals surface area (Å²) in [6.45, 7) is 1.87. The Morgan fingerprint density at radius 3 is 2.71 bits per heavy atom. The highest BCUT2D eigenvalue weighted by Crippen LogP contribution is 2.24. The van der Waals surface area contributed by atoms with Gasteiger partial charge < -0.3 is 5.73 Å². The van der Waals surface area contributed by atoms with Crippen LogP contribution in [0.4, 0.5) is 4.39 Å². The van der Waals surface area contributed by atoms with Crippen LogP contribution in [0.1, 0.15) is 29.3 Å². The van der Waals surface area contributed by atoms with Crippen LogP contribution >= 0.6 is 15.9 Å². The van der Waals surface area contributed by atoms with Crippen LogP contribution in [0.5, 0.6) is 0 Å². The van der Waals surface area contributed by atoms with Crippen molar-refractivity contribution < 1.29 is 9.18 Å². The Labute approximate surface area is 90.4 Å². The van der Waals surface area contributed by atoms with Crippen LogP contribution in [-0.4, -0.2) is 5.78 Å². The average molecular weight is 260 g/mol. The summed E-state index contributed by atoms with van der Waals surface area (Å²) >= 11 is 3.06. The zero-order valence-corrected chi connectivity index (χ0v) is 9.40. The number of rotatable bonds is 3. The molecule has 0 bridgehead atoms. The molecule has 2 N–H and O–H groups in total. The molecular weight excluding hydrogens is 249 g/mol. The molecule has 1 aromatic carbocycles. The molecule has 0 aliphatic heterocycles. The second-order valence-electron chi connectivity index (χ2n) is 2.88. The average Bonchev–Trinajstić information content (AvgIpc) is 2.21. The zero-order valence-electron chi connectivity index (χ0n) is 7.81. The van der Waals surface area contributed by atoms with E-state index in [-0.39, 0.29) is 16.8 Å². The van der Waals surface area contributed by atoms with E-state index in [1.807, 2.05) is 0 Å². The van der Waals surface area contributed by atoms with Crippen molar-refractivity contribution in [1.29, 1.82) is 0 Å². The molecule has 14 heavy (non-hydrogen) atoms. The Morgan fingerprint density at radius 1 is 1.57 bits per heavy atom. The number of carbonyl (C=O) groups excluding carboxylic acids is 1. The maximum absolute atomic E-state index is 13.5. The fourth-order valence-corrected chi connectivity index (χ4v) is 1.76. The molecule has 0 aliphatic carbocycles. The molecule has 0 aromatic heterocycles. The van der Waals surface area contributed by atoms with E-state index in [2.05, 4.69) is 15.9 Å². The van der Waals surface area contributed by atoms with E-state index in [0.29, 0.717) is 17.5 Å². The minimum absolute atomic E-state index is 0.0839. The normalized spacial score (nSPS) is 10.3. The van der Waals surface area contributed by atoms with E-state index < -0.39 is 5.82 Å². The van der Waals surface area contributed by atoms with Gasteiger partial charge in [0.05, 0.1) is 4.47 Å². The first-order valence-electron chi connectivity index (χ1n) is 4.32. The van der Waals surface area contributed by atoms with Crippen LogP contribution in [0.2, 0.25) is 0 Å². The maximum Gasteiger partial charge on any atom is 0.163 e. The molecule has 0 spiro atoms. The highest BCUT2D eigenvalue weighted by molar-refractivity contribution is 9.10. The van der Waals surface area contributed by atoms with Crippen molar-refractivity contribution in [3.8, 4) is 0 Å². The van der Waals surface area contributed by atoms with E-state index in [1.165, 1.54) is 0 Å². The van der Waals surface area contributed by atoms with E-state index in [1.54, 1.807) is 19.1 Å². The van der Waals surface area contributed by atoms with Gasteiger partial charge in [-0.3, -0.25) is 4.79 Å². The topological polar surface area (TPSA) is 43.1 Å². The summed E-state index contributed by atoms with van der Waals surface area (Å²) in [6, 6.07) is 3.14. The van der Waals surface area contributed by atoms with Crippen LogP contribution < -0.4 is 5.73 Å². The number of benzene rings is 1. The molecular formula is C10H11BrFNO. The molecule has 2 nitrogen and oxygen atoms in total. The second-order valence-corrected chi connectivity index (χ2v) is 3.67. The fourth-order valence-electron chi connectivity index (χ4n) is 1.15. The van der Waals surface area contributed by atoms with Gasteiger partial charge >= 0.3 is 0 Å². The summed E-state index contributed by atoms with van der Waals surface area (Å²) in [4.78, 5) is 11.4. The van der Waals surface area contributed by atoms with E-state index >= 15 is 0 Å². The first-order valence-corrected chi connectivity index (χ1v) is 5.11. The van der Waals surface area contributed by atoms with Gasteiger partial charge in [0.25, 0.3) is 0 Å². The van der Waals surface area contributed by atoms with Crippen molar-refractivity contribution in [2.75, 3.05) is 0 Å². The molecule has 0 heterocycles. The standard InChI is InChI=1S/C10H11BrFNO/c1-2-8(14)7-4-3-6(5-13)10(12)9(7)11/h3-4H,2,5,13H2,1H3. The van der Waals surface area contributed by atoms with Gasteiger partial charge in [-0.15, -0.1) is 0 Å². The highest BCUT2D eigenvalue weighted by atomic mass is 79.9. The number of halogens is 2. The first-order chi connectivity index (χ1) is 6.61. The van der Waals surface area contributed by atoms with Crippen LogP contribution in [-0.2, 0) is 6.54 Å². The van der Waals surface area contributed by atoms with Gasteiger partial charge in [-0.1, -0.05) is 13.0 Å². The van der Waals surface area contributed by atoms with Gasteiger partial charge in [0.15, 0.2) is 5.78 Å². The number of hydrogen-bond donors (Lipinski definition) is 1. The lowest BCUT2D eigenvalue weighted by Crippen LogP contribution is -2.05. The van der Waals surface area contributed by atoms with Crippen molar-refractivity contribution in [2.45, 2.75) is 19.9 Å². The van der Waals surface area contributed by atoms with Gasteiger partial charge in [-0.25, -0.2) is 4.39 Å². The third kappa shape index (κ3) is 2.01. The molecule has 0 saturated heterocycles. The van der Waals surface area contributed by atoms with Gasteiger partial charge in [0.1, 0.15) is 5.82 Å². The summed E-state index contributed by atoms with van der Waals surface area (Å²) < 4.78 is 13.7. The molecule has 0 saturated carbocycles. The summed E-state index contributed by atoms with van der Waals surface area (Å²) in [7, 11) is 0. The monoisotopic (exact) mass is 259 g/mol. The largest absolute Gasteiger partial charge is 0.326 e. The molecule has 1 rings (SSSR count). The first kappa shape index (κ1) is 11.3. The number of Topliss-reactive ketones (excluding diaryl/α,β-unsaturated/α-hetero) is 1. The lowest BCUT2D eigenvalue weighted by atomic mass is 10.1. The lowest BCUT2D eigenvalue weighted by Gasteiger charge is -2.06. The Morgan fingerprint density at radius 2 is 2.21 bits per heavy atom. The smallest absolute Gasteiger partial charge is 0.163 e. The zero-order chi connectivity index (χ0) is 10.7. The molecule has 0 amide bonds. The quantitative estimate of drug-likeness (QED) is 0.849. The number of carbonyl (C=O) groups is 1. The van der Waals surface area contributed by atoms with Gasteiger partial charge in [-0.2, -0.15) is 0 Å². The van der Waals surface area contributed by atoms with Crippen molar-refractivity contribution in [1.82, 2.24) is 0 Å². The number of nitrogens with two attached hydrogens (primary N) is 1. The SMILES string of the molecule is CCC(=O)c1ccc(CN)c(F)c1Br. The molecule has 0 fully saturated rings. The molecule has 4 heteroatoms. The van der Waals surface area contributed by atoms with Gasteiger partial charge in [-0.05, 0) is 22.0 Å². The third-order valence-corrected chi connectivity index (χ3v) is 2.78. The van der Waals surface area contributed by atoms with E-state index in [9.17, 15) is 9.18 Å². The predicted octanol–water partition coefficient (Wildman–Crippen LogP) is 2.64. The second kappa shape index (κ2) is 4.66. The van der Waals surface area contributed by atoms with Crippen molar-refractivity contribution in [3.05, 3.63) is 33.5 Å². The van der Waals surface area contributed by atoms with Crippen LogP contribution in [0.15, 0.2) is 16.6 Å². The molecule has 0 atom stereocenters. The molecule has 0 aliphatic rings. The Hall–Kier alpha value is -0.740. The molecule has 0 unspecified atom stereocenters. The predicted molar refractivity (Wildman–Crippen MR) is 56.6 cm³/mol. The maximum atomic E-state index is 13.5. The van der Waals surface area contributed by atoms with E-state index in [0.717, 1.165) is 0 Å². The highest BCUT2D eigenvalue weighted by Gasteiger charge is 2.14. The third-order valence-electron chi connectivity index (χ3n) is 2.00. The molecule has 1 aromatic rings. The minimum Gasteiger partial charge on any atom is -0.326 e. The number of hydrogen-bond acceptors (Lipinski definition) is 2. The fraction of sp³-hybridized carbons (Fsp3) is 0.300. The number of ketones is 1. The molecule has 76 valence electrons. The summed E-state index contributed by atoms with van der Waals surface area (Å²) in [5.41, 5.74) is 6.12. The van der Waals surface area contributed by atoms with Crippen LogP contribution in [0, 0.1) is 5.82 Å². The minimum atomic E-state index is -0.438. The Bertz CT molecular complexity index is 365. The van der Waals surface area contributed by atoms with Crippen LogP contribution in [0.25, 0.3) is 0 Å². The van der Waals surface area contributed by atoms with Crippen molar-refractivity contribution >= 4 is 21.7 Å². The van der Waals surface area contributed by atoms with Gasteiger partial charge in [0, 0.05) is 24.1 Å².